The molecule has 1 aromatic carbocycles. The molecule has 88 valence electrons. The average Bonchev–Trinajstić information content (AvgIpc) is 2.99. The van der Waals surface area contributed by atoms with Crippen LogP contribution in [0.1, 0.15) is 12.8 Å². The fourth-order valence-corrected chi connectivity index (χ4v) is 2.71. The molecule has 0 radical (unpaired) electrons. The Morgan fingerprint density at radius 2 is 2.24 bits per heavy atom. The van der Waals surface area contributed by atoms with Crippen LogP contribution in [0.5, 0.6) is 0 Å². The number of nitrogens with zero attached hydrogens (tertiary/aromatic N) is 1. The van der Waals surface area contributed by atoms with Crippen LogP contribution in [0, 0.1) is 5.82 Å². The van der Waals surface area contributed by atoms with Gasteiger partial charge in [0.05, 0.1) is 5.69 Å². The average molecular weight is 313 g/mol. The summed E-state index contributed by atoms with van der Waals surface area (Å²) in [6.07, 6.45) is 2.42. The lowest BCUT2D eigenvalue weighted by molar-refractivity contribution is 0.630. The number of benzene rings is 1. The van der Waals surface area contributed by atoms with E-state index in [0.29, 0.717) is 17.3 Å². The Bertz CT molecular complexity index is 551. The molecule has 17 heavy (non-hydrogen) atoms. The number of rotatable bonds is 3. The van der Waals surface area contributed by atoms with Crippen LogP contribution in [0.3, 0.4) is 0 Å². The third-order valence-electron chi connectivity index (χ3n) is 2.61. The van der Waals surface area contributed by atoms with Gasteiger partial charge in [0.25, 0.3) is 0 Å². The summed E-state index contributed by atoms with van der Waals surface area (Å²) in [6, 6.07) is 5.47. The van der Waals surface area contributed by atoms with Crippen LogP contribution >= 0.6 is 27.3 Å². The van der Waals surface area contributed by atoms with Crippen molar-refractivity contribution in [1.29, 1.82) is 0 Å². The Morgan fingerprint density at radius 3 is 3.00 bits per heavy atom. The molecular weight excluding hydrogens is 303 g/mol. The molecule has 3 rings (SSSR count). The third kappa shape index (κ3) is 2.50. The number of anilines is 1. The van der Waals surface area contributed by atoms with Crippen molar-refractivity contribution in [2.75, 3.05) is 5.32 Å². The van der Waals surface area contributed by atoms with Crippen molar-refractivity contribution >= 4 is 32.4 Å². The van der Waals surface area contributed by atoms with Gasteiger partial charge in [-0.25, -0.2) is 9.37 Å². The number of thiazole rings is 1. The largest absolute Gasteiger partial charge is 0.359 e. The van der Waals surface area contributed by atoms with Gasteiger partial charge in [-0.15, -0.1) is 11.3 Å². The van der Waals surface area contributed by atoms with Crippen LogP contribution in [0.2, 0.25) is 0 Å². The molecule has 0 amide bonds. The molecule has 0 spiro atoms. The first kappa shape index (κ1) is 11.2. The summed E-state index contributed by atoms with van der Waals surface area (Å²) in [5, 5.41) is 6.07. The van der Waals surface area contributed by atoms with Crippen LogP contribution in [-0.4, -0.2) is 11.0 Å². The van der Waals surface area contributed by atoms with Crippen LogP contribution < -0.4 is 5.32 Å². The van der Waals surface area contributed by atoms with E-state index in [1.54, 1.807) is 12.1 Å². The highest BCUT2D eigenvalue weighted by molar-refractivity contribution is 9.10. The molecule has 5 heteroatoms. The van der Waals surface area contributed by atoms with Gasteiger partial charge in [-0.3, -0.25) is 0 Å². The first-order chi connectivity index (χ1) is 8.22. The first-order valence-corrected chi connectivity index (χ1v) is 7.07. The molecule has 2 aromatic rings. The molecule has 0 saturated heterocycles. The van der Waals surface area contributed by atoms with E-state index in [1.165, 1.54) is 30.2 Å². The van der Waals surface area contributed by atoms with Crippen molar-refractivity contribution in [2.24, 2.45) is 0 Å². The first-order valence-electron chi connectivity index (χ1n) is 5.40. The van der Waals surface area contributed by atoms with Gasteiger partial charge in [0.2, 0.25) is 0 Å². The maximum Gasteiger partial charge on any atom is 0.183 e. The Kier molecular flexibility index (Phi) is 2.88. The van der Waals surface area contributed by atoms with Crippen molar-refractivity contribution < 1.29 is 4.39 Å². The van der Waals surface area contributed by atoms with E-state index in [0.717, 1.165) is 9.60 Å². The van der Waals surface area contributed by atoms with Gasteiger partial charge in [0, 0.05) is 21.5 Å². The number of hydrogen-bond acceptors (Lipinski definition) is 3. The number of aromatic nitrogens is 1. The van der Waals surface area contributed by atoms with E-state index in [1.807, 2.05) is 5.38 Å². The quantitative estimate of drug-likeness (QED) is 0.914. The van der Waals surface area contributed by atoms with Gasteiger partial charge in [-0.2, -0.15) is 0 Å². The van der Waals surface area contributed by atoms with Crippen LogP contribution in [0.15, 0.2) is 28.1 Å². The SMILES string of the molecule is Fc1ccc(Br)cc1-c1csc(NC2CC2)n1. The van der Waals surface area contributed by atoms with E-state index in [4.69, 9.17) is 0 Å². The fraction of sp³-hybridized carbons (Fsp3) is 0.250. The molecule has 1 aliphatic carbocycles. The summed E-state index contributed by atoms with van der Waals surface area (Å²) in [5.74, 6) is -0.239. The molecule has 1 fully saturated rings. The van der Waals surface area contributed by atoms with E-state index in [2.05, 4.69) is 26.2 Å². The number of halogens is 2. The van der Waals surface area contributed by atoms with E-state index < -0.39 is 0 Å². The number of hydrogen-bond donors (Lipinski definition) is 1. The lowest BCUT2D eigenvalue weighted by Gasteiger charge is -2.00. The van der Waals surface area contributed by atoms with E-state index >= 15 is 0 Å². The van der Waals surface area contributed by atoms with Crippen molar-refractivity contribution in [3.05, 3.63) is 33.9 Å². The Balaban J connectivity index is 1.91. The molecule has 1 aromatic heterocycles. The van der Waals surface area contributed by atoms with Gasteiger partial charge in [-0.1, -0.05) is 15.9 Å². The minimum Gasteiger partial charge on any atom is -0.359 e. The highest BCUT2D eigenvalue weighted by Gasteiger charge is 2.22. The lowest BCUT2D eigenvalue weighted by atomic mass is 10.2. The molecule has 1 aliphatic rings. The van der Waals surface area contributed by atoms with Gasteiger partial charge in [0.1, 0.15) is 5.82 Å². The summed E-state index contributed by atoms with van der Waals surface area (Å²) in [5.41, 5.74) is 1.23. The molecule has 0 bridgehead atoms. The maximum absolute atomic E-state index is 13.7. The molecular formula is C12H10BrFN2S. The summed E-state index contributed by atoms with van der Waals surface area (Å²) in [6.45, 7) is 0. The van der Waals surface area contributed by atoms with Crippen LogP contribution in [0.4, 0.5) is 9.52 Å². The highest BCUT2D eigenvalue weighted by Crippen LogP contribution is 2.31. The van der Waals surface area contributed by atoms with Gasteiger partial charge >= 0.3 is 0 Å². The smallest absolute Gasteiger partial charge is 0.183 e. The molecule has 1 N–H and O–H groups in total. The van der Waals surface area contributed by atoms with Gasteiger partial charge in [-0.05, 0) is 31.0 Å². The minimum absolute atomic E-state index is 0.239. The van der Waals surface area contributed by atoms with Crippen molar-refractivity contribution in [3.63, 3.8) is 0 Å². The molecule has 1 saturated carbocycles. The standard InChI is InChI=1S/C12H10BrFN2S/c13-7-1-4-10(14)9(5-7)11-6-17-12(16-11)15-8-2-3-8/h1,4-6,8H,2-3H2,(H,15,16). The van der Waals surface area contributed by atoms with Crippen molar-refractivity contribution in [2.45, 2.75) is 18.9 Å². The molecule has 1 heterocycles. The second kappa shape index (κ2) is 4.38. The predicted octanol–water partition coefficient (Wildman–Crippen LogP) is 4.29. The van der Waals surface area contributed by atoms with E-state index in [9.17, 15) is 4.39 Å². The summed E-state index contributed by atoms with van der Waals surface area (Å²) in [4.78, 5) is 4.41. The monoisotopic (exact) mass is 312 g/mol. The molecule has 0 unspecified atom stereocenters. The van der Waals surface area contributed by atoms with Crippen molar-refractivity contribution in [3.8, 4) is 11.3 Å². The lowest BCUT2D eigenvalue weighted by Crippen LogP contribution is -1.99. The maximum atomic E-state index is 13.7. The Hall–Kier alpha value is -0.940. The summed E-state index contributed by atoms with van der Waals surface area (Å²) in [7, 11) is 0. The second-order valence-corrected chi connectivity index (χ2v) is 5.85. The van der Waals surface area contributed by atoms with Gasteiger partial charge in [0.15, 0.2) is 5.13 Å². The molecule has 2 nitrogen and oxygen atoms in total. The predicted molar refractivity (Wildman–Crippen MR) is 71.9 cm³/mol. The third-order valence-corrected chi connectivity index (χ3v) is 3.88. The molecule has 0 aliphatic heterocycles. The summed E-state index contributed by atoms with van der Waals surface area (Å²) < 4.78 is 14.5. The zero-order valence-electron chi connectivity index (χ0n) is 8.91. The Labute approximate surface area is 111 Å². The molecule has 0 atom stereocenters. The fourth-order valence-electron chi connectivity index (χ4n) is 1.56. The second-order valence-electron chi connectivity index (χ2n) is 4.08. The van der Waals surface area contributed by atoms with Crippen molar-refractivity contribution in [1.82, 2.24) is 4.98 Å². The Morgan fingerprint density at radius 1 is 1.41 bits per heavy atom. The van der Waals surface area contributed by atoms with Crippen LogP contribution in [0.25, 0.3) is 11.3 Å². The van der Waals surface area contributed by atoms with Gasteiger partial charge < -0.3 is 5.32 Å². The topological polar surface area (TPSA) is 24.9 Å². The van der Waals surface area contributed by atoms with Crippen LogP contribution in [-0.2, 0) is 0 Å². The van der Waals surface area contributed by atoms with E-state index in [-0.39, 0.29) is 5.82 Å². The highest BCUT2D eigenvalue weighted by atomic mass is 79.9. The summed E-state index contributed by atoms with van der Waals surface area (Å²) >= 11 is 4.87. The normalized spacial score (nSPS) is 14.9. The zero-order chi connectivity index (χ0) is 11.8. The zero-order valence-corrected chi connectivity index (χ0v) is 11.3. The minimum atomic E-state index is -0.239. The number of nitrogens with one attached hydrogen (secondary N) is 1.